The average molecular weight is 444 g/mol. The molecule has 1 aliphatic heterocycles. The van der Waals surface area contributed by atoms with E-state index in [9.17, 15) is 24.3 Å². The maximum absolute atomic E-state index is 12.4. The number of esters is 1. The van der Waals surface area contributed by atoms with E-state index in [0.29, 0.717) is 5.75 Å². The second-order valence-corrected chi connectivity index (χ2v) is 7.31. The van der Waals surface area contributed by atoms with E-state index in [-0.39, 0.29) is 112 Å². The Bertz CT molecular complexity index is 680. The Morgan fingerprint density at radius 3 is 2.59 bits per heavy atom. The third kappa shape index (κ3) is 9.25. The number of phosphoric acid groups is 1. The number of nitrogens with one attached hydrogen (secondary N) is 1. The standard InChI is InChI=1S/C13H19N2O7PS.3Na/c1-3-21-13(17)9-6-24-12(15-9)10-8(5-22-23(18,19)20)4-14-7(2)11(10)16;;;/h4,9,12,15-16H,3,5-6H2,1-2H3,(H2,18,19,20);;;/q;3*+1/p-3. The van der Waals surface area contributed by atoms with Crippen molar-refractivity contribution in [2.45, 2.75) is 31.9 Å². The van der Waals surface area contributed by atoms with Crippen LogP contribution < -0.4 is 109 Å². The van der Waals surface area contributed by atoms with Gasteiger partial charge in [0.05, 0.1) is 26.4 Å². The van der Waals surface area contributed by atoms with Gasteiger partial charge in [0.1, 0.15) is 6.04 Å². The third-order valence-electron chi connectivity index (χ3n) is 3.33. The number of ether oxygens (including phenoxy) is 1. The number of carbonyl (C=O) groups is 1. The predicted molar refractivity (Wildman–Crippen MR) is 79.6 cm³/mol. The van der Waals surface area contributed by atoms with Crippen LogP contribution >= 0.6 is 19.6 Å². The SMILES string of the molecule is CCOC(=O)C1CSC(c2c(COP(=O)([O-])[O-])cnc(C)c2[O-])N1.[Na+].[Na+].[Na+]. The summed E-state index contributed by atoms with van der Waals surface area (Å²) in [5, 5.41) is 14.8. The van der Waals surface area contributed by atoms with E-state index in [2.05, 4.69) is 14.8 Å². The van der Waals surface area contributed by atoms with Crippen LogP contribution in [0.25, 0.3) is 0 Å². The number of aromatic nitrogens is 1. The molecule has 0 aromatic carbocycles. The Balaban J connectivity index is 0. The van der Waals surface area contributed by atoms with Crippen LogP contribution in [0.15, 0.2) is 6.20 Å². The minimum atomic E-state index is -5.18. The summed E-state index contributed by atoms with van der Waals surface area (Å²) >= 11 is 1.31. The van der Waals surface area contributed by atoms with Crippen molar-refractivity contribution in [1.29, 1.82) is 0 Å². The Morgan fingerprint density at radius 1 is 1.41 bits per heavy atom. The molecule has 1 aliphatic rings. The van der Waals surface area contributed by atoms with Gasteiger partial charge in [-0.05, 0) is 19.4 Å². The summed E-state index contributed by atoms with van der Waals surface area (Å²) in [5.74, 6) is -0.420. The molecule has 0 saturated carbocycles. The van der Waals surface area contributed by atoms with Crippen LogP contribution in [0.2, 0.25) is 0 Å². The van der Waals surface area contributed by atoms with Gasteiger partial charge in [0.15, 0.2) is 0 Å². The fraction of sp³-hybridized carbons (Fsp3) is 0.538. The van der Waals surface area contributed by atoms with Crippen LogP contribution in [0.3, 0.4) is 0 Å². The molecule has 134 valence electrons. The number of phosphoric ester groups is 1. The van der Waals surface area contributed by atoms with Gasteiger partial charge in [-0.3, -0.25) is 15.1 Å². The average Bonchev–Trinajstić information content (AvgIpc) is 2.97. The van der Waals surface area contributed by atoms with Crippen molar-refractivity contribution in [3.8, 4) is 5.75 Å². The molecule has 27 heavy (non-hydrogen) atoms. The summed E-state index contributed by atoms with van der Waals surface area (Å²) in [6.07, 6.45) is 1.29. The summed E-state index contributed by atoms with van der Waals surface area (Å²) in [6, 6.07) is -0.577. The summed E-state index contributed by atoms with van der Waals surface area (Å²) in [4.78, 5) is 37.0. The van der Waals surface area contributed by atoms with Gasteiger partial charge in [-0.2, -0.15) is 0 Å². The number of nitrogens with zero attached hydrogens (tertiary/aromatic N) is 1. The predicted octanol–water partition coefficient (Wildman–Crippen LogP) is -9.91. The maximum Gasteiger partial charge on any atom is 1.00 e. The molecule has 0 aliphatic carbocycles. The topological polar surface area (TPSA) is 147 Å². The molecule has 1 aromatic rings. The molecule has 1 fully saturated rings. The Morgan fingerprint density at radius 2 is 2.04 bits per heavy atom. The fourth-order valence-electron chi connectivity index (χ4n) is 2.21. The van der Waals surface area contributed by atoms with Crippen molar-refractivity contribution in [2.24, 2.45) is 0 Å². The Kier molecular flexibility index (Phi) is 16.1. The van der Waals surface area contributed by atoms with Crippen LogP contribution in [-0.2, 0) is 25.2 Å². The van der Waals surface area contributed by atoms with Gasteiger partial charge in [0.2, 0.25) is 0 Å². The summed E-state index contributed by atoms with van der Waals surface area (Å²) in [6.45, 7) is 2.88. The van der Waals surface area contributed by atoms with Gasteiger partial charge >= 0.3 is 94.6 Å². The quantitative estimate of drug-likeness (QED) is 0.255. The fourth-order valence-corrected chi connectivity index (χ4v) is 3.81. The molecular formula is C13H16N2Na3O7PS. The van der Waals surface area contributed by atoms with Crippen molar-refractivity contribution >= 4 is 25.6 Å². The molecule has 14 heteroatoms. The van der Waals surface area contributed by atoms with Crippen molar-refractivity contribution < 1.29 is 122 Å². The molecule has 1 saturated heterocycles. The van der Waals surface area contributed by atoms with E-state index in [0.717, 1.165) is 0 Å². The molecule has 2 heterocycles. The zero-order valence-electron chi connectivity index (χ0n) is 16.0. The molecule has 2 unspecified atom stereocenters. The first-order valence-electron chi connectivity index (χ1n) is 7.09. The Hall–Kier alpha value is 1.84. The van der Waals surface area contributed by atoms with E-state index in [1.165, 1.54) is 24.9 Å². The first-order valence-corrected chi connectivity index (χ1v) is 9.60. The first-order chi connectivity index (χ1) is 11.2. The van der Waals surface area contributed by atoms with E-state index < -0.39 is 37.6 Å². The van der Waals surface area contributed by atoms with Gasteiger partial charge < -0.3 is 28.7 Å². The molecule has 1 aromatic heterocycles. The smallest absolute Gasteiger partial charge is 0.871 e. The summed E-state index contributed by atoms with van der Waals surface area (Å²) < 4.78 is 19.9. The van der Waals surface area contributed by atoms with Crippen LogP contribution in [0.4, 0.5) is 0 Å². The van der Waals surface area contributed by atoms with Gasteiger partial charge in [0.25, 0.3) is 0 Å². The summed E-state index contributed by atoms with van der Waals surface area (Å²) in [7, 11) is -5.18. The molecule has 2 rings (SSSR count). The maximum atomic E-state index is 12.4. The van der Waals surface area contributed by atoms with Gasteiger partial charge in [-0.25, -0.2) is 0 Å². The monoisotopic (exact) mass is 444 g/mol. The molecule has 0 bridgehead atoms. The molecular weight excluding hydrogens is 428 g/mol. The van der Waals surface area contributed by atoms with Crippen molar-refractivity contribution in [3.63, 3.8) is 0 Å². The zero-order chi connectivity index (χ0) is 17.9. The largest absolute Gasteiger partial charge is 1.00 e. The summed E-state index contributed by atoms with van der Waals surface area (Å²) in [5.41, 5.74) is 0.642. The second-order valence-electron chi connectivity index (χ2n) is 5.02. The number of hydrogen-bond acceptors (Lipinski definition) is 10. The number of aryl methyl sites for hydroxylation is 1. The molecule has 0 radical (unpaired) electrons. The first kappa shape index (κ1) is 31.0. The van der Waals surface area contributed by atoms with Crippen molar-refractivity contribution in [3.05, 3.63) is 23.0 Å². The minimum Gasteiger partial charge on any atom is -0.871 e. The second kappa shape index (κ2) is 14.0. The zero-order valence-corrected chi connectivity index (χ0v) is 23.7. The Labute approximate surface area is 228 Å². The number of hydrogen-bond donors (Lipinski definition) is 1. The molecule has 1 N–H and O–H groups in total. The van der Waals surface area contributed by atoms with E-state index in [1.54, 1.807) is 6.92 Å². The number of carbonyl (C=O) groups excluding carboxylic acids is 1. The van der Waals surface area contributed by atoms with Crippen molar-refractivity contribution in [2.75, 3.05) is 12.4 Å². The van der Waals surface area contributed by atoms with Crippen molar-refractivity contribution in [1.82, 2.24) is 10.3 Å². The van der Waals surface area contributed by atoms with Crippen LogP contribution in [0.1, 0.15) is 29.1 Å². The van der Waals surface area contributed by atoms with E-state index in [4.69, 9.17) is 4.74 Å². The number of rotatable bonds is 6. The van der Waals surface area contributed by atoms with Gasteiger partial charge in [0, 0.05) is 23.2 Å². The van der Waals surface area contributed by atoms with Crippen LogP contribution in [-0.4, -0.2) is 29.4 Å². The minimum absolute atomic E-state index is 0. The third-order valence-corrected chi connectivity index (χ3v) is 5.00. The number of pyridine rings is 1. The number of thioether (sulfide) groups is 1. The molecule has 2 atom stereocenters. The van der Waals surface area contributed by atoms with Crippen LogP contribution in [0.5, 0.6) is 5.75 Å². The molecule has 9 nitrogen and oxygen atoms in total. The normalized spacial score (nSPS) is 18.7. The molecule has 0 amide bonds. The van der Waals surface area contributed by atoms with E-state index in [1.807, 2.05) is 0 Å². The van der Waals surface area contributed by atoms with E-state index >= 15 is 0 Å². The van der Waals surface area contributed by atoms with Gasteiger partial charge in [-0.15, -0.1) is 11.8 Å². The van der Waals surface area contributed by atoms with Crippen LogP contribution in [0, 0.1) is 6.92 Å². The van der Waals surface area contributed by atoms with Gasteiger partial charge in [-0.1, -0.05) is 5.75 Å². The molecule has 0 spiro atoms.